The van der Waals surface area contributed by atoms with Gasteiger partial charge in [-0.05, 0) is 51.3 Å². The minimum atomic E-state index is -0.163. The summed E-state index contributed by atoms with van der Waals surface area (Å²) >= 11 is 0. The number of benzene rings is 1. The van der Waals surface area contributed by atoms with Crippen LogP contribution in [0.5, 0.6) is 5.88 Å². The SMILES string of the molecule is CCn1nc(C)cc1C(=O)NCC[C@H](Cc1ccccc1)N(C)C(=O)c1cc(C)nc(OC)c1. The van der Waals surface area contributed by atoms with Crippen LogP contribution in [0, 0.1) is 13.8 Å². The molecule has 2 aromatic heterocycles. The maximum Gasteiger partial charge on any atom is 0.269 e. The number of pyridine rings is 1. The second kappa shape index (κ2) is 11.4. The van der Waals surface area contributed by atoms with Gasteiger partial charge in [0.15, 0.2) is 0 Å². The highest BCUT2D eigenvalue weighted by Gasteiger charge is 2.23. The molecule has 8 nitrogen and oxygen atoms in total. The van der Waals surface area contributed by atoms with Crippen LogP contribution in [0.4, 0.5) is 0 Å². The summed E-state index contributed by atoms with van der Waals surface area (Å²) in [6, 6.07) is 15.1. The molecule has 0 aliphatic carbocycles. The summed E-state index contributed by atoms with van der Waals surface area (Å²) in [5.41, 5.74) is 3.72. The molecule has 0 aliphatic heterocycles. The van der Waals surface area contributed by atoms with E-state index in [0.717, 1.165) is 11.3 Å². The number of nitrogens with zero attached hydrogens (tertiary/aromatic N) is 4. The van der Waals surface area contributed by atoms with Gasteiger partial charge in [0.25, 0.3) is 11.8 Å². The van der Waals surface area contributed by atoms with Crippen molar-refractivity contribution in [3.8, 4) is 5.88 Å². The van der Waals surface area contributed by atoms with Crippen molar-refractivity contribution in [2.75, 3.05) is 20.7 Å². The fourth-order valence-electron chi connectivity index (χ4n) is 3.97. The highest BCUT2D eigenvalue weighted by Crippen LogP contribution is 2.18. The summed E-state index contributed by atoms with van der Waals surface area (Å²) in [5.74, 6) is 0.131. The van der Waals surface area contributed by atoms with Crippen LogP contribution < -0.4 is 10.1 Å². The summed E-state index contributed by atoms with van der Waals surface area (Å²) in [5, 5.41) is 7.34. The maximum atomic E-state index is 13.3. The third-order valence-electron chi connectivity index (χ3n) is 5.77. The molecule has 0 bridgehead atoms. The number of aromatic nitrogens is 3. The molecule has 1 aromatic carbocycles. The molecule has 3 aromatic rings. The summed E-state index contributed by atoms with van der Waals surface area (Å²) in [6.07, 6.45) is 1.27. The molecule has 0 radical (unpaired) electrons. The quantitative estimate of drug-likeness (QED) is 0.498. The molecule has 1 atom stereocenters. The van der Waals surface area contributed by atoms with E-state index in [2.05, 4.69) is 15.4 Å². The van der Waals surface area contributed by atoms with Gasteiger partial charge in [0.1, 0.15) is 5.69 Å². The van der Waals surface area contributed by atoms with Gasteiger partial charge in [-0.3, -0.25) is 14.3 Å². The van der Waals surface area contributed by atoms with Crippen molar-refractivity contribution >= 4 is 11.8 Å². The molecule has 180 valence electrons. The molecule has 8 heteroatoms. The van der Waals surface area contributed by atoms with Gasteiger partial charge >= 0.3 is 0 Å². The lowest BCUT2D eigenvalue weighted by Gasteiger charge is -2.29. The van der Waals surface area contributed by atoms with E-state index in [1.807, 2.05) is 51.1 Å². The second-order valence-corrected chi connectivity index (χ2v) is 8.33. The molecule has 0 spiro atoms. The van der Waals surface area contributed by atoms with Crippen LogP contribution in [0.15, 0.2) is 48.5 Å². The number of nitrogens with one attached hydrogen (secondary N) is 1. The Balaban J connectivity index is 1.74. The number of hydrogen-bond acceptors (Lipinski definition) is 5. The van der Waals surface area contributed by atoms with Crippen molar-refractivity contribution in [2.24, 2.45) is 0 Å². The Labute approximate surface area is 200 Å². The smallest absolute Gasteiger partial charge is 0.269 e. The van der Waals surface area contributed by atoms with E-state index in [9.17, 15) is 9.59 Å². The molecule has 0 aliphatic rings. The van der Waals surface area contributed by atoms with E-state index in [-0.39, 0.29) is 17.9 Å². The van der Waals surface area contributed by atoms with Gasteiger partial charge in [0.2, 0.25) is 5.88 Å². The molecule has 2 heterocycles. The Morgan fingerprint density at radius 1 is 1.12 bits per heavy atom. The van der Waals surface area contributed by atoms with Gasteiger partial charge in [0.05, 0.1) is 12.8 Å². The molecule has 34 heavy (non-hydrogen) atoms. The van der Waals surface area contributed by atoms with Gasteiger partial charge < -0.3 is 15.0 Å². The number of likely N-dealkylation sites (N-methyl/N-ethyl adjacent to an activating group) is 1. The number of methoxy groups -OCH3 is 1. The number of carbonyl (C=O) groups is 2. The average Bonchev–Trinajstić information content (AvgIpc) is 3.23. The van der Waals surface area contributed by atoms with Crippen LogP contribution in [0.1, 0.15) is 51.1 Å². The Morgan fingerprint density at radius 3 is 2.53 bits per heavy atom. The van der Waals surface area contributed by atoms with Crippen molar-refractivity contribution in [1.29, 1.82) is 0 Å². The van der Waals surface area contributed by atoms with Crippen LogP contribution >= 0.6 is 0 Å². The first-order valence-electron chi connectivity index (χ1n) is 11.5. The molecular formula is C26H33N5O3. The summed E-state index contributed by atoms with van der Waals surface area (Å²) < 4.78 is 6.93. The van der Waals surface area contributed by atoms with E-state index < -0.39 is 0 Å². The lowest BCUT2D eigenvalue weighted by molar-refractivity contribution is 0.0722. The second-order valence-electron chi connectivity index (χ2n) is 8.33. The lowest BCUT2D eigenvalue weighted by Crippen LogP contribution is -2.41. The van der Waals surface area contributed by atoms with Crippen LogP contribution in [-0.2, 0) is 13.0 Å². The summed E-state index contributed by atoms with van der Waals surface area (Å²) in [6.45, 7) is 6.71. The van der Waals surface area contributed by atoms with E-state index in [1.54, 1.807) is 34.8 Å². The molecular weight excluding hydrogens is 430 g/mol. The number of rotatable bonds is 10. The van der Waals surface area contributed by atoms with Crippen molar-refractivity contribution in [3.05, 3.63) is 76.7 Å². The van der Waals surface area contributed by atoms with Crippen LogP contribution in [-0.4, -0.2) is 58.2 Å². The summed E-state index contributed by atoms with van der Waals surface area (Å²) in [4.78, 5) is 32.1. The van der Waals surface area contributed by atoms with Gasteiger partial charge in [0, 0.05) is 43.5 Å². The molecule has 0 saturated heterocycles. The van der Waals surface area contributed by atoms with Gasteiger partial charge in [-0.15, -0.1) is 0 Å². The molecule has 1 N–H and O–H groups in total. The summed E-state index contributed by atoms with van der Waals surface area (Å²) in [7, 11) is 3.34. The topological polar surface area (TPSA) is 89.4 Å². The van der Waals surface area contributed by atoms with Crippen molar-refractivity contribution in [2.45, 2.75) is 46.2 Å². The fourth-order valence-corrected chi connectivity index (χ4v) is 3.97. The monoisotopic (exact) mass is 463 g/mol. The van der Waals surface area contributed by atoms with Crippen molar-refractivity contribution in [3.63, 3.8) is 0 Å². The standard InChI is InChI=1S/C26H33N5O3/c1-6-31-23(15-19(3)29-31)25(32)27-13-12-22(16-20-10-8-7-9-11-20)30(4)26(33)21-14-18(2)28-24(17-21)34-5/h7-11,14-15,17,22H,6,12-13,16H2,1-5H3,(H,27,32)/t22-/m1/s1. The Morgan fingerprint density at radius 2 is 1.85 bits per heavy atom. The Hall–Kier alpha value is -3.68. The first kappa shape index (κ1) is 25.0. The Kier molecular flexibility index (Phi) is 8.40. The van der Waals surface area contributed by atoms with Crippen molar-refractivity contribution in [1.82, 2.24) is 25.0 Å². The van der Waals surface area contributed by atoms with Crippen molar-refractivity contribution < 1.29 is 14.3 Å². The van der Waals surface area contributed by atoms with E-state index >= 15 is 0 Å². The minimum Gasteiger partial charge on any atom is -0.481 e. The third kappa shape index (κ3) is 6.21. The molecule has 0 saturated carbocycles. The maximum absolute atomic E-state index is 13.3. The molecule has 3 rings (SSSR count). The first-order valence-corrected chi connectivity index (χ1v) is 11.5. The van der Waals surface area contributed by atoms with Gasteiger partial charge in [-0.1, -0.05) is 30.3 Å². The largest absolute Gasteiger partial charge is 0.481 e. The fraction of sp³-hybridized carbons (Fsp3) is 0.385. The number of aryl methyl sites for hydroxylation is 3. The number of ether oxygens (including phenoxy) is 1. The van der Waals surface area contributed by atoms with E-state index in [4.69, 9.17) is 4.74 Å². The van der Waals surface area contributed by atoms with Crippen LogP contribution in [0.3, 0.4) is 0 Å². The average molecular weight is 464 g/mol. The zero-order chi connectivity index (χ0) is 24.7. The lowest BCUT2D eigenvalue weighted by atomic mass is 10.0. The highest BCUT2D eigenvalue weighted by atomic mass is 16.5. The predicted molar refractivity (Wildman–Crippen MR) is 131 cm³/mol. The zero-order valence-electron chi connectivity index (χ0n) is 20.5. The van der Waals surface area contributed by atoms with Crippen LogP contribution in [0.25, 0.3) is 0 Å². The number of amides is 2. The highest BCUT2D eigenvalue weighted by molar-refractivity contribution is 5.94. The molecule has 0 fully saturated rings. The number of carbonyl (C=O) groups excluding carboxylic acids is 2. The van der Waals surface area contributed by atoms with Gasteiger partial charge in [-0.2, -0.15) is 5.10 Å². The van der Waals surface area contributed by atoms with Crippen LogP contribution in [0.2, 0.25) is 0 Å². The zero-order valence-corrected chi connectivity index (χ0v) is 20.5. The molecule has 0 unspecified atom stereocenters. The number of hydrogen-bond donors (Lipinski definition) is 1. The first-order chi connectivity index (χ1) is 16.3. The Bertz CT molecular complexity index is 1130. The van der Waals surface area contributed by atoms with E-state index in [1.165, 1.54) is 7.11 Å². The molecule has 2 amide bonds. The predicted octanol–water partition coefficient (Wildman–Crippen LogP) is 3.43. The van der Waals surface area contributed by atoms with Gasteiger partial charge in [-0.25, -0.2) is 4.98 Å². The normalized spacial score (nSPS) is 11.7. The van der Waals surface area contributed by atoms with E-state index in [0.29, 0.717) is 48.8 Å². The minimum absolute atomic E-state index is 0.115. The third-order valence-corrected chi connectivity index (χ3v) is 5.77.